The number of nitriles is 1. The molecular weight excluding hydrogens is 386 g/mol. The number of nitrogens with zero attached hydrogens (tertiary/aromatic N) is 2. The number of nitrogens with two attached hydrogens (primary N) is 2. The maximum atomic E-state index is 14.1. The van der Waals surface area contributed by atoms with E-state index in [1.807, 2.05) is 32.9 Å². The van der Waals surface area contributed by atoms with Gasteiger partial charge in [0.2, 0.25) is 17.7 Å². The molecule has 3 amide bonds. The second-order valence-corrected chi connectivity index (χ2v) is 8.23. The van der Waals surface area contributed by atoms with Crippen molar-refractivity contribution < 1.29 is 19.1 Å². The SMILES string of the molecule is COc1cc2c3c(c1)[C@]1(C(=O)N3C(C)(C)C=C2C)C(C#N)=C(N)NC(=O)[C@@H]1C(N)=O. The van der Waals surface area contributed by atoms with E-state index in [1.165, 1.54) is 12.0 Å². The van der Waals surface area contributed by atoms with Crippen LogP contribution in [-0.4, -0.2) is 30.4 Å². The van der Waals surface area contributed by atoms with Crippen LogP contribution in [0.25, 0.3) is 5.57 Å². The number of anilines is 1. The highest BCUT2D eigenvalue weighted by Gasteiger charge is 2.67. The summed E-state index contributed by atoms with van der Waals surface area (Å²) in [5.74, 6) is -3.96. The number of ether oxygens (including phenoxy) is 1. The number of primary amides is 1. The zero-order valence-corrected chi connectivity index (χ0v) is 17.0. The van der Waals surface area contributed by atoms with Crippen LogP contribution in [0.15, 0.2) is 29.6 Å². The van der Waals surface area contributed by atoms with E-state index in [1.54, 1.807) is 12.1 Å². The van der Waals surface area contributed by atoms with Crippen LogP contribution in [0.3, 0.4) is 0 Å². The third kappa shape index (κ3) is 2.08. The van der Waals surface area contributed by atoms with Gasteiger partial charge < -0.3 is 26.4 Å². The summed E-state index contributed by atoms with van der Waals surface area (Å²) in [7, 11) is 1.47. The molecule has 1 spiro atoms. The van der Waals surface area contributed by atoms with E-state index < -0.39 is 34.6 Å². The Kier molecular flexibility index (Phi) is 3.81. The summed E-state index contributed by atoms with van der Waals surface area (Å²) >= 11 is 0. The first-order valence-electron chi connectivity index (χ1n) is 9.29. The number of amides is 3. The van der Waals surface area contributed by atoms with Gasteiger partial charge in [0.1, 0.15) is 29.0 Å². The summed E-state index contributed by atoms with van der Waals surface area (Å²) in [6, 6.07) is 5.30. The molecule has 9 nitrogen and oxygen atoms in total. The Bertz CT molecular complexity index is 1160. The van der Waals surface area contributed by atoms with Gasteiger partial charge in [0, 0.05) is 11.1 Å². The van der Waals surface area contributed by atoms with Gasteiger partial charge in [-0.1, -0.05) is 6.08 Å². The van der Waals surface area contributed by atoms with Crippen molar-refractivity contribution in [2.45, 2.75) is 31.7 Å². The number of rotatable bonds is 2. The van der Waals surface area contributed by atoms with Gasteiger partial charge in [-0.2, -0.15) is 5.26 Å². The number of fused-ring (bicyclic) bond motifs is 1. The van der Waals surface area contributed by atoms with Crippen molar-refractivity contribution >= 4 is 29.0 Å². The maximum Gasteiger partial charge on any atom is 0.245 e. The number of allylic oxidation sites excluding steroid dienone is 1. The number of nitrogens with one attached hydrogen (secondary N) is 1. The lowest BCUT2D eigenvalue weighted by Crippen LogP contribution is -2.62. The molecule has 3 aliphatic heterocycles. The van der Waals surface area contributed by atoms with Gasteiger partial charge >= 0.3 is 0 Å². The molecule has 0 bridgehead atoms. The van der Waals surface area contributed by atoms with Crippen molar-refractivity contribution in [3.8, 4) is 11.8 Å². The highest BCUT2D eigenvalue weighted by atomic mass is 16.5. The van der Waals surface area contributed by atoms with Gasteiger partial charge in [-0.05, 0) is 38.5 Å². The highest BCUT2D eigenvalue weighted by molar-refractivity contribution is 6.22. The lowest BCUT2D eigenvalue weighted by Gasteiger charge is -2.41. The van der Waals surface area contributed by atoms with Gasteiger partial charge in [-0.15, -0.1) is 0 Å². The summed E-state index contributed by atoms with van der Waals surface area (Å²) in [4.78, 5) is 40.9. The molecule has 1 aromatic carbocycles. The molecule has 0 fully saturated rings. The number of hydrogen-bond donors (Lipinski definition) is 3. The first-order chi connectivity index (χ1) is 14.0. The molecule has 2 atom stereocenters. The molecule has 3 heterocycles. The number of carbonyl (C=O) groups is 3. The van der Waals surface area contributed by atoms with Crippen LogP contribution in [0.1, 0.15) is 31.9 Å². The van der Waals surface area contributed by atoms with Crippen LogP contribution in [0.4, 0.5) is 5.69 Å². The third-order valence-corrected chi connectivity index (χ3v) is 6.09. The second-order valence-electron chi connectivity index (χ2n) is 8.23. The fourth-order valence-corrected chi connectivity index (χ4v) is 5.02. The van der Waals surface area contributed by atoms with E-state index in [-0.39, 0.29) is 11.4 Å². The molecule has 0 saturated carbocycles. The zero-order valence-electron chi connectivity index (χ0n) is 17.0. The lowest BCUT2D eigenvalue weighted by atomic mass is 9.63. The van der Waals surface area contributed by atoms with Crippen molar-refractivity contribution in [2.24, 2.45) is 17.4 Å². The van der Waals surface area contributed by atoms with Gasteiger partial charge in [0.05, 0.1) is 23.9 Å². The minimum Gasteiger partial charge on any atom is -0.497 e. The zero-order chi connectivity index (χ0) is 22.2. The third-order valence-electron chi connectivity index (χ3n) is 6.09. The lowest BCUT2D eigenvalue weighted by molar-refractivity contribution is -0.141. The molecule has 4 rings (SSSR count). The van der Waals surface area contributed by atoms with Crippen LogP contribution >= 0.6 is 0 Å². The molecule has 154 valence electrons. The Hall–Kier alpha value is -3.80. The van der Waals surface area contributed by atoms with E-state index in [0.717, 1.165) is 5.57 Å². The van der Waals surface area contributed by atoms with Crippen LogP contribution in [0.5, 0.6) is 5.75 Å². The average molecular weight is 407 g/mol. The van der Waals surface area contributed by atoms with E-state index in [2.05, 4.69) is 5.32 Å². The van der Waals surface area contributed by atoms with Crippen LogP contribution in [0.2, 0.25) is 0 Å². The standard InChI is InChI=1S/C21H21N5O4/c1-9-7-20(2,3)26-15-11(9)5-10(30-4)6-12(15)21(19(26)29)13(8-22)16(23)25-18(28)14(21)17(24)27/h5-7,14H,23H2,1-4H3,(H2,24,27)(H,25,28)/t14-,21-/m0/s1. The number of benzene rings is 1. The Morgan fingerprint density at radius 2 is 2.00 bits per heavy atom. The Labute approximate surface area is 172 Å². The van der Waals surface area contributed by atoms with E-state index >= 15 is 0 Å². The maximum absolute atomic E-state index is 14.1. The first kappa shape index (κ1) is 19.5. The molecule has 0 aliphatic carbocycles. The summed E-state index contributed by atoms with van der Waals surface area (Å²) in [5, 5.41) is 12.3. The Morgan fingerprint density at radius 1 is 1.33 bits per heavy atom. The fourth-order valence-electron chi connectivity index (χ4n) is 5.02. The van der Waals surface area contributed by atoms with Gasteiger partial charge in [0.15, 0.2) is 0 Å². The topological polar surface area (TPSA) is 152 Å². The van der Waals surface area contributed by atoms with Gasteiger partial charge in [0.25, 0.3) is 0 Å². The van der Waals surface area contributed by atoms with Crippen molar-refractivity contribution in [3.05, 3.63) is 40.7 Å². The minimum atomic E-state index is -1.97. The minimum absolute atomic E-state index is 0.214. The van der Waals surface area contributed by atoms with E-state index in [4.69, 9.17) is 16.2 Å². The van der Waals surface area contributed by atoms with Crippen LogP contribution < -0.4 is 26.4 Å². The largest absolute Gasteiger partial charge is 0.497 e. The molecule has 0 saturated heterocycles. The molecular formula is C21H21N5O4. The molecule has 3 aliphatic rings. The predicted octanol–water partition coefficient (Wildman–Crippen LogP) is 0.400. The molecule has 0 unspecified atom stereocenters. The van der Waals surface area contributed by atoms with Gasteiger partial charge in [-0.3, -0.25) is 14.4 Å². The number of hydrogen-bond acceptors (Lipinski definition) is 6. The van der Waals surface area contributed by atoms with Crippen molar-refractivity contribution in [3.63, 3.8) is 0 Å². The van der Waals surface area contributed by atoms with E-state index in [0.29, 0.717) is 22.6 Å². The Morgan fingerprint density at radius 3 is 2.57 bits per heavy atom. The normalized spacial score (nSPS) is 26.2. The Balaban J connectivity index is 2.23. The molecule has 1 aromatic rings. The highest BCUT2D eigenvalue weighted by Crippen LogP contribution is 2.58. The van der Waals surface area contributed by atoms with E-state index in [9.17, 15) is 19.6 Å². The monoisotopic (exact) mass is 407 g/mol. The molecule has 5 N–H and O–H groups in total. The molecule has 9 heteroatoms. The number of carbonyl (C=O) groups excluding carboxylic acids is 3. The average Bonchev–Trinajstić information content (AvgIpc) is 2.89. The first-order valence-corrected chi connectivity index (χ1v) is 9.29. The quantitative estimate of drug-likeness (QED) is 0.604. The smallest absolute Gasteiger partial charge is 0.245 e. The summed E-state index contributed by atoms with van der Waals surface area (Å²) < 4.78 is 5.43. The van der Waals surface area contributed by atoms with Crippen molar-refractivity contribution in [1.82, 2.24) is 5.32 Å². The summed E-state index contributed by atoms with van der Waals surface area (Å²) in [6.07, 6.45) is 1.91. The number of methoxy groups -OCH3 is 1. The van der Waals surface area contributed by atoms with Gasteiger partial charge in [-0.25, -0.2) is 0 Å². The summed E-state index contributed by atoms with van der Waals surface area (Å²) in [5.41, 5.74) is 11.0. The molecule has 30 heavy (non-hydrogen) atoms. The summed E-state index contributed by atoms with van der Waals surface area (Å²) in [6.45, 7) is 5.58. The van der Waals surface area contributed by atoms with Crippen molar-refractivity contribution in [2.75, 3.05) is 12.0 Å². The second kappa shape index (κ2) is 5.86. The predicted molar refractivity (Wildman–Crippen MR) is 108 cm³/mol. The molecule has 0 radical (unpaired) electrons. The molecule has 0 aromatic heterocycles. The fraction of sp³-hybridized carbons (Fsp3) is 0.333. The van der Waals surface area contributed by atoms with Crippen molar-refractivity contribution in [1.29, 1.82) is 5.26 Å². The van der Waals surface area contributed by atoms with Crippen LogP contribution in [0, 0.1) is 17.2 Å². The van der Waals surface area contributed by atoms with Crippen LogP contribution in [-0.2, 0) is 19.8 Å².